The number of aliphatic hydroxyl groups excluding tert-OH is 1. The van der Waals surface area contributed by atoms with Crippen LogP contribution in [0.1, 0.15) is 51.2 Å². The minimum absolute atomic E-state index is 0.0116. The molecular formula is C17H27NO2. The normalized spacial score (nSPS) is 14.1. The summed E-state index contributed by atoms with van der Waals surface area (Å²) in [6.45, 7) is 8.24. The number of carbonyl (C=O) groups is 1. The lowest BCUT2D eigenvalue weighted by Gasteiger charge is -2.18. The van der Waals surface area contributed by atoms with Gasteiger partial charge in [-0.1, -0.05) is 45.0 Å². The molecule has 0 heterocycles. The Morgan fingerprint density at radius 3 is 2.25 bits per heavy atom. The zero-order valence-corrected chi connectivity index (χ0v) is 13.0. The largest absolute Gasteiger partial charge is 0.394 e. The van der Waals surface area contributed by atoms with Crippen LogP contribution in [0.25, 0.3) is 0 Å². The van der Waals surface area contributed by atoms with Gasteiger partial charge in [0.05, 0.1) is 18.6 Å². The van der Waals surface area contributed by atoms with Crippen LogP contribution in [0.4, 0.5) is 0 Å². The second-order valence-electron chi connectivity index (χ2n) is 5.86. The number of rotatable bonds is 7. The fourth-order valence-corrected chi connectivity index (χ4v) is 2.17. The molecule has 0 unspecified atom stereocenters. The fraction of sp³-hybridized carbons (Fsp3) is 0.588. The van der Waals surface area contributed by atoms with Gasteiger partial charge in [0.25, 0.3) is 0 Å². The number of aliphatic hydroxyl groups is 1. The third-order valence-corrected chi connectivity index (χ3v) is 3.58. The topological polar surface area (TPSA) is 49.3 Å². The molecule has 112 valence electrons. The first-order valence-electron chi connectivity index (χ1n) is 7.48. The van der Waals surface area contributed by atoms with E-state index < -0.39 is 0 Å². The monoisotopic (exact) mass is 277 g/mol. The molecule has 1 amide bonds. The van der Waals surface area contributed by atoms with Gasteiger partial charge in [0, 0.05) is 0 Å². The van der Waals surface area contributed by atoms with E-state index in [-0.39, 0.29) is 24.5 Å². The van der Waals surface area contributed by atoms with Crippen LogP contribution < -0.4 is 5.32 Å². The molecule has 0 fully saturated rings. The zero-order valence-electron chi connectivity index (χ0n) is 13.0. The van der Waals surface area contributed by atoms with Gasteiger partial charge in [0.1, 0.15) is 0 Å². The minimum Gasteiger partial charge on any atom is -0.394 e. The molecule has 0 aliphatic heterocycles. The zero-order chi connectivity index (χ0) is 15.1. The molecule has 0 aromatic heterocycles. The Balaban J connectivity index is 2.67. The van der Waals surface area contributed by atoms with Crippen molar-refractivity contribution in [2.75, 3.05) is 6.61 Å². The van der Waals surface area contributed by atoms with Crippen molar-refractivity contribution in [1.82, 2.24) is 5.32 Å². The maximum Gasteiger partial charge on any atom is 0.227 e. The lowest BCUT2D eigenvalue weighted by Crippen LogP contribution is -2.39. The van der Waals surface area contributed by atoms with Gasteiger partial charge in [-0.3, -0.25) is 4.79 Å². The van der Waals surface area contributed by atoms with Gasteiger partial charge in [0.2, 0.25) is 5.91 Å². The summed E-state index contributed by atoms with van der Waals surface area (Å²) in [4.78, 5) is 12.1. The highest BCUT2D eigenvalue weighted by molar-refractivity contribution is 5.83. The summed E-state index contributed by atoms with van der Waals surface area (Å²) in [6, 6.07) is 8.11. The SMILES string of the molecule is CC[C@H](CO)NC(=O)[C@H](C)c1ccc(CC(C)C)cc1. The van der Waals surface area contributed by atoms with Crippen molar-refractivity contribution in [1.29, 1.82) is 0 Å². The van der Waals surface area contributed by atoms with E-state index in [0.29, 0.717) is 5.92 Å². The summed E-state index contributed by atoms with van der Waals surface area (Å²) in [7, 11) is 0. The lowest BCUT2D eigenvalue weighted by molar-refractivity contribution is -0.123. The van der Waals surface area contributed by atoms with Crippen LogP contribution in [-0.4, -0.2) is 23.7 Å². The lowest BCUT2D eigenvalue weighted by atomic mass is 9.96. The molecule has 0 aliphatic rings. The summed E-state index contributed by atoms with van der Waals surface area (Å²) >= 11 is 0. The van der Waals surface area contributed by atoms with Gasteiger partial charge in [-0.25, -0.2) is 0 Å². The van der Waals surface area contributed by atoms with Crippen molar-refractivity contribution in [3.63, 3.8) is 0 Å². The summed E-state index contributed by atoms with van der Waals surface area (Å²) in [5.74, 6) is 0.419. The molecule has 0 saturated heterocycles. The standard InChI is InChI=1S/C17H27NO2/c1-5-16(11-19)18-17(20)13(4)15-8-6-14(7-9-15)10-12(2)3/h6-9,12-13,16,19H,5,10-11H2,1-4H3,(H,18,20)/t13-,16-/m1/s1. The van der Waals surface area contributed by atoms with Crippen molar-refractivity contribution in [3.8, 4) is 0 Å². The quantitative estimate of drug-likeness (QED) is 0.805. The van der Waals surface area contributed by atoms with Gasteiger partial charge >= 0.3 is 0 Å². The molecule has 2 N–H and O–H groups in total. The Morgan fingerprint density at radius 2 is 1.80 bits per heavy atom. The molecule has 0 radical (unpaired) electrons. The Labute approximate surface area is 122 Å². The fourth-order valence-electron chi connectivity index (χ4n) is 2.17. The average Bonchev–Trinajstić information content (AvgIpc) is 2.43. The van der Waals surface area contributed by atoms with E-state index in [1.165, 1.54) is 5.56 Å². The maximum atomic E-state index is 12.1. The van der Waals surface area contributed by atoms with Crippen molar-refractivity contribution in [3.05, 3.63) is 35.4 Å². The molecule has 0 spiro atoms. The second kappa shape index (κ2) is 8.05. The molecule has 0 saturated carbocycles. The molecule has 1 aromatic carbocycles. The van der Waals surface area contributed by atoms with Crippen LogP contribution in [0.3, 0.4) is 0 Å². The number of benzene rings is 1. The van der Waals surface area contributed by atoms with Crippen molar-refractivity contribution in [2.24, 2.45) is 5.92 Å². The smallest absolute Gasteiger partial charge is 0.227 e. The van der Waals surface area contributed by atoms with Gasteiger partial charge in [-0.05, 0) is 36.8 Å². The van der Waals surface area contributed by atoms with E-state index in [2.05, 4.69) is 31.3 Å². The molecule has 1 rings (SSSR count). The predicted octanol–water partition coefficient (Wildman–Crippen LogP) is 2.88. The van der Waals surface area contributed by atoms with Crippen LogP contribution >= 0.6 is 0 Å². The highest BCUT2D eigenvalue weighted by Crippen LogP contribution is 2.18. The molecule has 3 heteroatoms. The molecule has 0 aliphatic carbocycles. The minimum atomic E-state index is -0.191. The summed E-state index contributed by atoms with van der Waals surface area (Å²) in [5, 5.41) is 12.0. The predicted molar refractivity (Wildman–Crippen MR) is 82.7 cm³/mol. The third kappa shape index (κ3) is 4.97. The number of nitrogens with one attached hydrogen (secondary N) is 1. The van der Waals surface area contributed by atoms with E-state index in [9.17, 15) is 4.79 Å². The summed E-state index contributed by atoms with van der Waals surface area (Å²) in [5.41, 5.74) is 2.32. The van der Waals surface area contributed by atoms with Crippen LogP contribution in [-0.2, 0) is 11.2 Å². The van der Waals surface area contributed by atoms with E-state index in [1.807, 2.05) is 26.0 Å². The second-order valence-corrected chi connectivity index (χ2v) is 5.86. The molecule has 2 atom stereocenters. The van der Waals surface area contributed by atoms with Gasteiger partial charge < -0.3 is 10.4 Å². The average molecular weight is 277 g/mol. The Bertz CT molecular complexity index is 408. The first kappa shape index (κ1) is 16.7. The first-order chi connectivity index (χ1) is 9.47. The Hall–Kier alpha value is -1.35. The highest BCUT2D eigenvalue weighted by atomic mass is 16.3. The third-order valence-electron chi connectivity index (χ3n) is 3.58. The number of carbonyl (C=O) groups excluding carboxylic acids is 1. The van der Waals surface area contributed by atoms with E-state index >= 15 is 0 Å². The van der Waals surface area contributed by atoms with Crippen LogP contribution in [0.5, 0.6) is 0 Å². The van der Waals surface area contributed by atoms with E-state index in [4.69, 9.17) is 5.11 Å². The van der Waals surface area contributed by atoms with Crippen LogP contribution in [0.2, 0.25) is 0 Å². The Kier molecular flexibility index (Phi) is 6.73. The number of hydrogen-bond acceptors (Lipinski definition) is 2. The summed E-state index contributed by atoms with van der Waals surface area (Å²) < 4.78 is 0. The summed E-state index contributed by atoms with van der Waals surface area (Å²) in [6.07, 6.45) is 1.80. The van der Waals surface area contributed by atoms with Gasteiger partial charge in [0.15, 0.2) is 0 Å². The Morgan fingerprint density at radius 1 is 1.20 bits per heavy atom. The molecule has 0 bridgehead atoms. The van der Waals surface area contributed by atoms with Crippen molar-refractivity contribution < 1.29 is 9.90 Å². The highest BCUT2D eigenvalue weighted by Gasteiger charge is 2.17. The van der Waals surface area contributed by atoms with Crippen molar-refractivity contribution in [2.45, 2.75) is 52.5 Å². The number of hydrogen-bond donors (Lipinski definition) is 2. The van der Waals surface area contributed by atoms with E-state index in [0.717, 1.165) is 18.4 Å². The van der Waals surface area contributed by atoms with Crippen molar-refractivity contribution >= 4 is 5.91 Å². The van der Waals surface area contributed by atoms with Crippen LogP contribution in [0, 0.1) is 5.92 Å². The van der Waals surface area contributed by atoms with Gasteiger partial charge in [-0.2, -0.15) is 0 Å². The molecule has 1 aromatic rings. The van der Waals surface area contributed by atoms with Gasteiger partial charge in [-0.15, -0.1) is 0 Å². The molecule has 3 nitrogen and oxygen atoms in total. The van der Waals surface area contributed by atoms with E-state index in [1.54, 1.807) is 0 Å². The number of amides is 1. The molecular weight excluding hydrogens is 250 g/mol. The maximum absolute atomic E-state index is 12.1. The van der Waals surface area contributed by atoms with Crippen LogP contribution in [0.15, 0.2) is 24.3 Å². The molecule has 20 heavy (non-hydrogen) atoms. The first-order valence-corrected chi connectivity index (χ1v) is 7.48.